The van der Waals surface area contributed by atoms with Gasteiger partial charge in [0.25, 0.3) is 0 Å². The molecule has 10 aromatic carbocycles. The molecule has 1 nitrogen and oxygen atoms in total. The number of nitrogens with zero attached hydrogens (tertiary/aromatic N) is 1. The molecule has 0 bridgehead atoms. The lowest BCUT2D eigenvalue weighted by atomic mass is 9.78. The van der Waals surface area contributed by atoms with Crippen LogP contribution in [0.3, 0.4) is 0 Å². The van der Waals surface area contributed by atoms with E-state index >= 15 is 0 Å². The van der Waals surface area contributed by atoms with Crippen LogP contribution < -0.4 is 4.90 Å². The maximum atomic E-state index is 2.53. The molecule has 3 aliphatic rings. The summed E-state index contributed by atoms with van der Waals surface area (Å²) in [6.07, 6.45) is 13.9. The predicted molar refractivity (Wildman–Crippen MR) is 274 cm³/mol. The number of hydrogen-bond acceptors (Lipinski definition) is 1. The van der Waals surface area contributed by atoms with Crippen LogP contribution in [0.5, 0.6) is 0 Å². The molecule has 0 fully saturated rings. The molecule has 0 aliphatic heterocycles. The Bertz CT molecular complexity index is 3570. The number of anilines is 3. The summed E-state index contributed by atoms with van der Waals surface area (Å²) in [4.78, 5) is 2.44. The summed E-state index contributed by atoms with van der Waals surface area (Å²) in [5, 5.41) is 10.3. The minimum Gasteiger partial charge on any atom is -0.310 e. The highest BCUT2D eigenvalue weighted by atomic mass is 15.1. The fourth-order valence-corrected chi connectivity index (χ4v) is 11.6. The zero-order chi connectivity index (χ0) is 42.5. The minimum atomic E-state index is -0.211. The molecule has 0 saturated heterocycles. The highest BCUT2D eigenvalue weighted by Gasteiger charge is 2.37. The van der Waals surface area contributed by atoms with E-state index < -0.39 is 0 Å². The first kappa shape index (κ1) is 37.1. The quantitative estimate of drug-likeness (QED) is 0.167. The maximum absolute atomic E-state index is 2.53. The van der Waals surface area contributed by atoms with Crippen LogP contribution in [0.4, 0.5) is 17.1 Å². The number of benzene rings is 10. The van der Waals surface area contributed by atoms with Crippen LogP contribution in [0.2, 0.25) is 0 Å². The number of allylic oxidation sites excluding steroid dienone is 2. The second-order valence-corrected chi connectivity index (χ2v) is 18.7. The van der Waals surface area contributed by atoms with E-state index in [0.717, 1.165) is 37.1 Å². The van der Waals surface area contributed by atoms with Crippen LogP contribution in [0, 0.1) is 0 Å². The van der Waals surface area contributed by atoms with E-state index in [2.05, 4.69) is 219 Å². The van der Waals surface area contributed by atoms with Gasteiger partial charge in [-0.05, 0) is 190 Å². The van der Waals surface area contributed by atoms with Gasteiger partial charge in [-0.15, -0.1) is 0 Å². The molecule has 0 N–H and O–H groups in total. The van der Waals surface area contributed by atoms with Crippen molar-refractivity contribution in [2.45, 2.75) is 44.9 Å². The largest absolute Gasteiger partial charge is 0.310 e. The van der Waals surface area contributed by atoms with E-state index in [4.69, 9.17) is 0 Å². The molecule has 0 heterocycles. The van der Waals surface area contributed by atoms with Crippen molar-refractivity contribution < 1.29 is 0 Å². The number of rotatable bonds is 5. The molecule has 0 atom stereocenters. The van der Waals surface area contributed by atoms with Crippen LogP contribution in [-0.4, -0.2) is 0 Å². The molecule has 0 saturated carbocycles. The maximum Gasteiger partial charge on any atom is 0.0468 e. The smallest absolute Gasteiger partial charge is 0.0468 e. The first-order valence-corrected chi connectivity index (χ1v) is 23.0. The lowest BCUT2D eigenvalue weighted by Gasteiger charge is -2.29. The monoisotopic (exact) mass is 817 g/mol. The van der Waals surface area contributed by atoms with E-state index in [-0.39, 0.29) is 5.41 Å². The second kappa shape index (κ2) is 14.3. The molecule has 0 radical (unpaired) electrons. The summed E-state index contributed by atoms with van der Waals surface area (Å²) in [7, 11) is 0. The Balaban J connectivity index is 0.957. The lowest BCUT2D eigenvalue weighted by Crippen LogP contribution is -2.16. The Kier molecular flexibility index (Phi) is 8.28. The second-order valence-electron chi connectivity index (χ2n) is 18.7. The number of fused-ring (bicyclic) bond motifs is 11. The Labute approximate surface area is 375 Å². The molecule has 64 heavy (non-hydrogen) atoms. The van der Waals surface area contributed by atoms with E-state index in [1.54, 1.807) is 0 Å². The van der Waals surface area contributed by atoms with Crippen LogP contribution >= 0.6 is 0 Å². The average Bonchev–Trinajstić information content (AvgIpc) is 3.57. The van der Waals surface area contributed by atoms with Crippen LogP contribution in [0.25, 0.3) is 88.6 Å². The summed E-state index contributed by atoms with van der Waals surface area (Å²) >= 11 is 0. The third-order valence-electron chi connectivity index (χ3n) is 14.7. The van der Waals surface area contributed by atoms with Gasteiger partial charge in [0.15, 0.2) is 0 Å². The first-order valence-electron chi connectivity index (χ1n) is 23.0. The fraction of sp³-hybridized carbons (Fsp3) is 0.111. The molecule has 10 aromatic rings. The van der Waals surface area contributed by atoms with Crippen molar-refractivity contribution in [3.8, 4) is 33.4 Å². The molecule has 304 valence electrons. The molecule has 0 spiro atoms. The van der Waals surface area contributed by atoms with Gasteiger partial charge >= 0.3 is 0 Å². The summed E-state index contributed by atoms with van der Waals surface area (Å²) in [6, 6.07) is 66.3. The van der Waals surface area contributed by atoms with Gasteiger partial charge in [0.05, 0.1) is 0 Å². The molecular weight excluding hydrogens is 771 g/mol. The minimum absolute atomic E-state index is 0.211. The van der Waals surface area contributed by atoms with E-state index in [0.29, 0.717) is 0 Å². The third kappa shape index (κ3) is 5.70. The van der Waals surface area contributed by atoms with Crippen molar-refractivity contribution in [1.82, 2.24) is 0 Å². The van der Waals surface area contributed by atoms with Crippen molar-refractivity contribution >= 4 is 72.3 Å². The first-order chi connectivity index (χ1) is 31.5. The van der Waals surface area contributed by atoms with E-state index in [1.807, 2.05) is 0 Å². The van der Waals surface area contributed by atoms with Gasteiger partial charge in [-0.25, -0.2) is 0 Å². The summed E-state index contributed by atoms with van der Waals surface area (Å²) < 4.78 is 0. The molecule has 3 aliphatic carbocycles. The highest BCUT2D eigenvalue weighted by Crippen LogP contribution is 2.53. The molecule has 13 rings (SSSR count). The van der Waals surface area contributed by atoms with Gasteiger partial charge in [-0.3, -0.25) is 0 Å². The Morgan fingerprint density at radius 3 is 1.61 bits per heavy atom. The van der Waals surface area contributed by atoms with Crippen molar-refractivity contribution in [2.75, 3.05) is 4.90 Å². The van der Waals surface area contributed by atoms with Gasteiger partial charge in [-0.1, -0.05) is 159 Å². The lowest BCUT2D eigenvalue weighted by molar-refractivity contribution is 0.660. The zero-order valence-electron chi connectivity index (χ0n) is 36.3. The van der Waals surface area contributed by atoms with Crippen molar-refractivity contribution in [3.63, 3.8) is 0 Å². The topological polar surface area (TPSA) is 3.24 Å². The summed E-state index contributed by atoms with van der Waals surface area (Å²) in [5.41, 5.74) is 19.8. The van der Waals surface area contributed by atoms with Gasteiger partial charge < -0.3 is 4.90 Å². The molecule has 0 unspecified atom stereocenters. The van der Waals surface area contributed by atoms with Crippen molar-refractivity contribution in [1.29, 1.82) is 0 Å². The van der Waals surface area contributed by atoms with Crippen LogP contribution in [-0.2, 0) is 18.3 Å². The van der Waals surface area contributed by atoms with Gasteiger partial charge in [0, 0.05) is 22.5 Å². The fourth-order valence-electron chi connectivity index (χ4n) is 11.6. The van der Waals surface area contributed by atoms with Crippen LogP contribution in [0.15, 0.2) is 188 Å². The Morgan fingerprint density at radius 1 is 0.391 bits per heavy atom. The Hall–Kier alpha value is -7.48. The normalized spacial score (nSPS) is 14.5. The SMILES string of the molecule is CC1(C)c2cc(-c3cc4cc(-c5cccc6ccccc56)c5c(c4c4c3CCC=C4)C=CCC5)ccc2-c2ccc(N(c3ccc4ccccc4c3)c3ccc4ccccc4c3)cc21. The van der Waals surface area contributed by atoms with Gasteiger partial charge in [-0.2, -0.15) is 0 Å². The van der Waals surface area contributed by atoms with Crippen LogP contribution in [0.1, 0.15) is 60.1 Å². The third-order valence-corrected chi connectivity index (χ3v) is 14.7. The zero-order valence-corrected chi connectivity index (χ0v) is 36.3. The Morgan fingerprint density at radius 2 is 0.922 bits per heavy atom. The van der Waals surface area contributed by atoms with Crippen molar-refractivity contribution in [3.05, 3.63) is 221 Å². The summed E-state index contributed by atoms with van der Waals surface area (Å²) in [5.74, 6) is 0. The van der Waals surface area contributed by atoms with E-state index in [9.17, 15) is 0 Å². The summed E-state index contributed by atoms with van der Waals surface area (Å²) in [6.45, 7) is 4.85. The number of hydrogen-bond donors (Lipinski definition) is 0. The molecule has 1 heteroatoms. The molecular formula is C63H47N. The van der Waals surface area contributed by atoms with Gasteiger partial charge in [0.1, 0.15) is 0 Å². The standard InChI is InChI=1S/C63H47N/c1-63(2)60-38-45(58-36-46-37-59(51-25-13-19-42-16-7-8-20-50(42)51)53-22-10-12-24-57(53)62(46)56-23-11-9-21-52(56)58)28-32-54(60)55-33-31-49(39-61(55)63)64(47-29-26-40-14-3-5-17-43(40)34-47)48-30-27-41-15-4-6-18-44(41)35-48/h3-8,11-20,23-39H,9-10,21-22H2,1-2H3. The highest BCUT2D eigenvalue weighted by molar-refractivity contribution is 6.08. The van der Waals surface area contributed by atoms with Gasteiger partial charge in [0.2, 0.25) is 0 Å². The predicted octanol–water partition coefficient (Wildman–Crippen LogP) is 17.3. The average molecular weight is 818 g/mol. The molecule has 0 amide bonds. The van der Waals surface area contributed by atoms with E-state index in [1.165, 1.54) is 116 Å². The van der Waals surface area contributed by atoms with Crippen molar-refractivity contribution in [2.24, 2.45) is 0 Å². The molecule has 0 aromatic heterocycles.